The normalized spacial score (nSPS) is 19.7. The van der Waals surface area contributed by atoms with Crippen molar-refractivity contribution < 1.29 is 14.4 Å². The SMILES string of the molecule is CC(C(=O)NC(N)=O)N1CCC(=O)CC1. The van der Waals surface area contributed by atoms with E-state index in [9.17, 15) is 14.4 Å². The van der Waals surface area contributed by atoms with Crippen LogP contribution < -0.4 is 11.1 Å². The standard InChI is InChI=1S/C9H15N3O3/c1-6(8(14)11-9(10)15)12-4-2-7(13)3-5-12/h6H,2-5H2,1H3,(H3,10,11,14,15). The highest BCUT2D eigenvalue weighted by molar-refractivity contribution is 5.96. The molecule has 0 aliphatic carbocycles. The molecule has 1 rings (SSSR count). The van der Waals surface area contributed by atoms with Crippen LogP contribution in [0.1, 0.15) is 19.8 Å². The van der Waals surface area contributed by atoms with Gasteiger partial charge < -0.3 is 5.73 Å². The van der Waals surface area contributed by atoms with Crippen molar-refractivity contribution in [3.8, 4) is 0 Å². The number of Topliss-reactive ketones (excluding diaryl/α,β-unsaturated/α-hetero) is 1. The van der Waals surface area contributed by atoms with Gasteiger partial charge >= 0.3 is 6.03 Å². The molecule has 0 aromatic rings. The number of hydrogen-bond donors (Lipinski definition) is 2. The highest BCUT2D eigenvalue weighted by atomic mass is 16.2. The number of nitrogens with zero attached hydrogens (tertiary/aromatic N) is 1. The van der Waals surface area contributed by atoms with Crippen LogP contribution >= 0.6 is 0 Å². The molecule has 0 aromatic carbocycles. The largest absolute Gasteiger partial charge is 0.351 e. The fourth-order valence-corrected chi connectivity index (χ4v) is 1.55. The van der Waals surface area contributed by atoms with Gasteiger partial charge in [-0.2, -0.15) is 0 Å². The molecule has 3 N–H and O–H groups in total. The van der Waals surface area contributed by atoms with Crippen LogP contribution in [0.4, 0.5) is 4.79 Å². The van der Waals surface area contributed by atoms with E-state index in [2.05, 4.69) is 0 Å². The van der Waals surface area contributed by atoms with Crippen molar-refractivity contribution in [3.63, 3.8) is 0 Å². The molecule has 1 saturated heterocycles. The topological polar surface area (TPSA) is 92.5 Å². The Morgan fingerprint density at radius 3 is 2.40 bits per heavy atom. The Morgan fingerprint density at radius 1 is 1.40 bits per heavy atom. The van der Waals surface area contributed by atoms with Gasteiger partial charge in [-0.1, -0.05) is 0 Å². The first-order valence-electron chi connectivity index (χ1n) is 4.86. The second-order valence-corrected chi connectivity index (χ2v) is 3.60. The zero-order chi connectivity index (χ0) is 11.4. The molecular formula is C9H15N3O3. The maximum Gasteiger partial charge on any atom is 0.318 e. The van der Waals surface area contributed by atoms with Gasteiger partial charge in [-0.25, -0.2) is 4.79 Å². The van der Waals surface area contributed by atoms with Crippen LogP contribution in [0.3, 0.4) is 0 Å². The van der Waals surface area contributed by atoms with E-state index < -0.39 is 18.0 Å². The monoisotopic (exact) mass is 213 g/mol. The number of urea groups is 1. The lowest BCUT2D eigenvalue weighted by molar-refractivity contribution is -0.128. The predicted octanol–water partition coefficient (Wildman–Crippen LogP) is -0.765. The number of piperidine rings is 1. The number of ketones is 1. The Labute approximate surface area is 87.8 Å². The van der Waals surface area contributed by atoms with E-state index >= 15 is 0 Å². The van der Waals surface area contributed by atoms with E-state index in [1.165, 1.54) is 0 Å². The van der Waals surface area contributed by atoms with Crippen molar-refractivity contribution in [3.05, 3.63) is 0 Å². The number of nitrogens with two attached hydrogens (primary N) is 1. The summed E-state index contributed by atoms with van der Waals surface area (Å²) in [5.74, 6) is -0.203. The molecule has 6 nitrogen and oxygen atoms in total. The molecule has 84 valence electrons. The summed E-state index contributed by atoms with van der Waals surface area (Å²) in [6.45, 7) is 2.81. The quantitative estimate of drug-likeness (QED) is 0.630. The first-order chi connectivity index (χ1) is 7.00. The molecule has 0 radical (unpaired) electrons. The summed E-state index contributed by atoms with van der Waals surface area (Å²) in [7, 11) is 0. The van der Waals surface area contributed by atoms with E-state index in [-0.39, 0.29) is 5.78 Å². The summed E-state index contributed by atoms with van der Waals surface area (Å²) in [4.78, 5) is 34.7. The van der Waals surface area contributed by atoms with E-state index in [4.69, 9.17) is 5.73 Å². The van der Waals surface area contributed by atoms with Gasteiger partial charge in [-0.3, -0.25) is 19.8 Å². The van der Waals surface area contributed by atoms with Crippen LogP contribution in [0.15, 0.2) is 0 Å². The number of likely N-dealkylation sites (tertiary alicyclic amines) is 1. The number of primary amides is 1. The Bertz CT molecular complexity index is 280. The molecule has 1 aliphatic heterocycles. The van der Waals surface area contributed by atoms with Crippen LogP contribution in [0.25, 0.3) is 0 Å². The lowest BCUT2D eigenvalue weighted by Gasteiger charge is -2.30. The molecule has 1 aliphatic rings. The highest BCUT2D eigenvalue weighted by Gasteiger charge is 2.25. The fraction of sp³-hybridized carbons (Fsp3) is 0.667. The van der Waals surface area contributed by atoms with Gasteiger partial charge in [0.05, 0.1) is 6.04 Å². The molecule has 1 fully saturated rings. The van der Waals surface area contributed by atoms with Gasteiger partial charge in [0.25, 0.3) is 0 Å². The minimum Gasteiger partial charge on any atom is -0.351 e. The molecule has 15 heavy (non-hydrogen) atoms. The first kappa shape index (κ1) is 11.6. The second-order valence-electron chi connectivity index (χ2n) is 3.60. The van der Waals surface area contributed by atoms with Crippen molar-refractivity contribution >= 4 is 17.7 Å². The summed E-state index contributed by atoms with van der Waals surface area (Å²) in [6.07, 6.45) is 0.933. The third-order valence-electron chi connectivity index (χ3n) is 2.53. The lowest BCUT2D eigenvalue weighted by Crippen LogP contribution is -2.50. The highest BCUT2D eigenvalue weighted by Crippen LogP contribution is 2.09. The van der Waals surface area contributed by atoms with Crippen LogP contribution in [0, 0.1) is 0 Å². The Hall–Kier alpha value is -1.43. The maximum atomic E-state index is 11.4. The molecule has 0 saturated carbocycles. The summed E-state index contributed by atoms with van der Waals surface area (Å²) in [6, 6.07) is -1.27. The van der Waals surface area contributed by atoms with Crippen molar-refractivity contribution in [1.29, 1.82) is 0 Å². The third-order valence-corrected chi connectivity index (χ3v) is 2.53. The zero-order valence-corrected chi connectivity index (χ0v) is 8.66. The molecule has 0 aromatic heterocycles. The second kappa shape index (κ2) is 4.88. The minimum atomic E-state index is -0.847. The smallest absolute Gasteiger partial charge is 0.318 e. The molecule has 1 unspecified atom stereocenters. The molecule has 0 spiro atoms. The number of imide groups is 1. The average Bonchev–Trinajstić information content (AvgIpc) is 2.17. The average molecular weight is 213 g/mol. The lowest BCUT2D eigenvalue weighted by atomic mass is 10.1. The number of rotatable bonds is 2. The van der Waals surface area contributed by atoms with Crippen LogP contribution in [0.5, 0.6) is 0 Å². The van der Waals surface area contributed by atoms with Gasteiger partial charge in [0, 0.05) is 25.9 Å². The number of carbonyl (C=O) groups excluding carboxylic acids is 3. The third kappa shape index (κ3) is 3.32. The van der Waals surface area contributed by atoms with Gasteiger partial charge in [0.2, 0.25) is 5.91 Å². The molecule has 6 heteroatoms. The zero-order valence-electron chi connectivity index (χ0n) is 8.66. The maximum absolute atomic E-state index is 11.4. The van der Waals surface area contributed by atoms with Crippen molar-refractivity contribution in [1.82, 2.24) is 10.2 Å². The van der Waals surface area contributed by atoms with E-state index in [0.29, 0.717) is 25.9 Å². The van der Waals surface area contributed by atoms with Gasteiger partial charge in [-0.05, 0) is 6.92 Å². The van der Waals surface area contributed by atoms with Crippen molar-refractivity contribution in [2.45, 2.75) is 25.8 Å². The van der Waals surface area contributed by atoms with Crippen LogP contribution in [0.2, 0.25) is 0 Å². The number of carbonyl (C=O) groups is 3. The van der Waals surface area contributed by atoms with Gasteiger partial charge in [0.1, 0.15) is 5.78 Å². The predicted molar refractivity (Wildman–Crippen MR) is 53.0 cm³/mol. The minimum absolute atomic E-state index is 0.216. The van der Waals surface area contributed by atoms with Gasteiger partial charge in [-0.15, -0.1) is 0 Å². The summed E-state index contributed by atoms with van der Waals surface area (Å²) in [5.41, 5.74) is 4.84. The number of nitrogens with one attached hydrogen (secondary N) is 1. The molecule has 3 amide bonds. The van der Waals surface area contributed by atoms with Crippen molar-refractivity contribution in [2.75, 3.05) is 13.1 Å². The summed E-state index contributed by atoms with van der Waals surface area (Å²) >= 11 is 0. The Balaban J connectivity index is 2.45. The van der Waals surface area contributed by atoms with E-state index in [1.54, 1.807) is 6.92 Å². The molecular weight excluding hydrogens is 198 g/mol. The fourth-order valence-electron chi connectivity index (χ4n) is 1.55. The molecule has 1 heterocycles. The first-order valence-corrected chi connectivity index (χ1v) is 4.86. The number of amides is 3. The Morgan fingerprint density at radius 2 is 1.93 bits per heavy atom. The van der Waals surface area contributed by atoms with Crippen molar-refractivity contribution in [2.24, 2.45) is 5.73 Å². The van der Waals surface area contributed by atoms with E-state index in [1.807, 2.05) is 10.2 Å². The van der Waals surface area contributed by atoms with E-state index in [0.717, 1.165) is 0 Å². The molecule has 0 bridgehead atoms. The summed E-state index contributed by atoms with van der Waals surface area (Å²) < 4.78 is 0. The summed E-state index contributed by atoms with van der Waals surface area (Å²) in [5, 5.41) is 2.02. The molecule has 1 atom stereocenters. The van der Waals surface area contributed by atoms with Gasteiger partial charge in [0.15, 0.2) is 0 Å². The van der Waals surface area contributed by atoms with Crippen LogP contribution in [-0.2, 0) is 9.59 Å². The Kier molecular flexibility index (Phi) is 3.79. The van der Waals surface area contributed by atoms with Crippen LogP contribution in [-0.4, -0.2) is 41.8 Å². The number of hydrogen-bond acceptors (Lipinski definition) is 4.